The maximum absolute atomic E-state index is 12.9. The molecule has 0 aliphatic rings. The van der Waals surface area contributed by atoms with Crippen LogP contribution in [-0.4, -0.2) is 15.7 Å². The van der Waals surface area contributed by atoms with Gasteiger partial charge in [0.15, 0.2) is 0 Å². The van der Waals surface area contributed by atoms with Gasteiger partial charge in [0.05, 0.1) is 17.7 Å². The van der Waals surface area contributed by atoms with Crippen LogP contribution in [0.5, 0.6) is 5.75 Å². The zero-order valence-corrected chi connectivity index (χ0v) is 20.5. The molecule has 0 aliphatic carbocycles. The average molecular weight is 494 g/mol. The van der Waals surface area contributed by atoms with E-state index in [4.69, 9.17) is 27.9 Å². The molecule has 0 atom stereocenters. The predicted molar refractivity (Wildman–Crippen MR) is 139 cm³/mol. The number of halogens is 2. The van der Waals surface area contributed by atoms with Crippen molar-refractivity contribution in [3.05, 3.63) is 116 Å². The molecule has 0 saturated heterocycles. The molecule has 0 saturated carbocycles. The fraction of sp³-hybridized carbons (Fsp3) is 0.185. The second kappa shape index (κ2) is 10.8. The molecule has 4 aromatic rings. The van der Waals surface area contributed by atoms with Crippen molar-refractivity contribution in [3.8, 4) is 5.75 Å². The van der Waals surface area contributed by atoms with Crippen LogP contribution < -0.4 is 15.6 Å². The first kappa shape index (κ1) is 23.9. The lowest BCUT2D eigenvalue weighted by Crippen LogP contribution is -2.21. The van der Waals surface area contributed by atoms with Crippen molar-refractivity contribution in [1.82, 2.24) is 9.55 Å². The molecule has 0 bridgehead atoms. The van der Waals surface area contributed by atoms with Crippen LogP contribution in [0.25, 0.3) is 0 Å². The first-order valence-electron chi connectivity index (χ1n) is 11.0. The summed E-state index contributed by atoms with van der Waals surface area (Å²) in [6.07, 6.45) is 2.37. The zero-order valence-electron chi connectivity index (χ0n) is 19.0. The van der Waals surface area contributed by atoms with Gasteiger partial charge in [0.1, 0.15) is 5.75 Å². The van der Waals surface area contributed by atoms with Crippen LogP contribution in [0.15, 0.2) is 83.8 Å². The van der Waals surface area contributed by atoms with Crippen molar-refractivity contribution in [1.29, 1.82) is 0 Å². The van der Waals surface area contributed by atoms with E-state index in [2.05, 4.69) is 10.3 Å². The number of hydrogen-bond acceptors (Lipinski definition) is 4. The molecule has 0 spiro atoms. The van der Waals surface area contributed by atoms with Crippen LogP contribution in [0.2, 0.25) is 10.0 Å². The minimum atomic E-state index is -0.274. The number of benzene rings is 3. The number of rotatable bonds is 8. The second-order valence-corrected chi connectivity index (χ2v) is 9.09. The summed E-state index contributed by atoms with van der Waals surface area (Å²) >= 11 is 12.5. The van der Waals surface area contributed by atoms with Crippen molar-refractivity contribution in [2.45, 2.75) is 32.9 Å². The van der Waals surface area contributed by atoms with E-state index in [-0.39, 0.29) is 11.7 Å². The van der Waals surface area contributed by atoms with Gasteiger partial charge in [0, 0.05) is 28.9 Å². The molecule has 1 heterocycles. The lowest BCUT2D eigenvalue weighted by Gasteiger charge is -2.17. The molecule has 0 aliphatic heterocycles. The molecule has 0 unspecified atom stereocenters. The Kier molecular flexibility index (Phi) is 7.56. The molecular formula is C27H25Cl2N3O2. The molecule has 0 radical (unpaired) electrons. The average Bonchev–Trinajstić information content (AvgIpc) is 2.80. The lowest BCUT2D eigenvalue weighted by atomic mass is 10.1. The van der Waals surface area contributed by atoms with Crippen molar-refractivity contribution >= 4 is 34.8 Å². The Morgan fingerprint density at radius 1 is 0.971 bits per heavy atom. The van der Waals surface area contributed by atoms with Crippen LogP contribution in [0.3, 0.4) is 0 Å². The fourth-order valence-corrected chi connectivity index (χ4v) is 3.89. The maximum Gasteiger partial charge on any atom is 0.277 e. The first-order chi connectivity index (χ1) is 16.4. The summed E-state index contributed by atoms with van der Waals surface area (Å²) in [5.74, 6) is 1.03. The highest BCUT2D eigenvalue weighted by molar-refractivity contribution is 6.32. The van der Waals surface area contributed by atoms with E-state index >= 15 is 0 Å². The standard InChI is InChI=1S/C27H25Cl2N3O2/c1-18(2)34-25-13-12-23(15-24(25)29)30-27-31-26(33)21(14-19-6-4-3-5-7-19)17-32(27)16-20-8-10-22(28)11-9-20/h3-13,15,17-18H,14,16H2,1-2H3,(H,30,31,33). The van der Waals surface area contributed by atoms with Gasteiger partial charge in [-0.05, 0) is 55.3 Å². The van der Waals surface area contributed by atoms with Crippen LogP contribution >= 0.6 is 23.2 Å². The number of hydrogen-bond donors (Lipinski definition) is 1. The summed E-state index contributed by atoms with van der Waals surface area (Å²) in [4.78, 5) is 17.3. The fourth-order valence-electron chi connectivity index (χ4n) is 3.54. The van der Waals surface area contributed by atoms with Crippen molar-refractivity contribution in [2.24, 2.45) is 0 Å². The first-order valence-corrected chi connectivity index (χ1v) is 11.7. The van der Waals surface area contributed by atoms with Crippen LogP contribution in [-0.2, 0) is 13.0 Å². The van der Waals surface area contributed by atoms with Gasteiger partial charge in [-0.25, -0.2) is 0 Å². The highest BCUT2D eigenvalue weighted by Gasteiger charge is 2.12. The molecule has 0 fully saturated rings. The number of nitrogens with zero attached hydrogens (tertiary/aromatic N) is 2. The summed E-state index contributed by atoms with van der Waals surface area (Å²) < 4.78 is 7.64. The Bertz CT molecular complexity index is 1320. The minimum Gasteiger partial charge on any atom is -0.489 e. The monoisotopic (exact) mass is 493 g/mol. The Labute approximate surface area is 209 Å². The molecule has 4 rings (SSSR count). The number of nitrogens with one attached hydrogen (secondary N) is 1. The van der Waals surface area contributed by atoms with Crippen LogP contribution in [0.4, 0.5) is 11.6 Å². The van der Waals surface area contributed by atoms with Gasteiger partial charge in [-0.2, -0.15) is 4.98 Å². The molecule has 1 aromatic heterocycles. The van der Waals surface area contributed by atoms with Gasteiger partial charge < -0.3 is 14.6 Å². The SMILES string of the molecule is CC(C)Oc1ccc(Nc2nc(=O)c(Cc3ccccc3)cn2Cc2ccc(Cl)cc2)cc1Cl. The summed E-state index contributed by atoms with van der Waals surface area (Å²) in [5, 5.41) is 4.39. The maximum atomic E-state index is 12.9. The molecule has 7 heteroatoms. The lowest BCUT2D eigenvalue weighted by molar-refractivity contribution is 0.242. The Morgan fingerprint density at radius 2 is 1.71 bits per heavy atom. The predicted octanol–water partition coefficient (Wildman–Crippen LogP) is 6.72. The summed E-state index contributed by atoms with van der Waals surface area (Å²) in [5.41, 5.74) is 3.12. The molecule has 174 valence electrons. The van der Waals surface area contributed by atoms with E-state index in [1.54, 1.807) is 12.1 Å². The normalized spacial score (nSPS) is 11.0. The van der Waals surface area contributed by atoms with Gasteiger partial charge >= 0.3 is 0 Å². The van der Waals surface area contributed by atoms with Crippen molar-refractivity contribution in [3.63, 3.8) is 0 Å². The molecule has 5 nitrogen and oxygen atoms in total. The van der Waals surface area contributed by atoms with E-state index in [9.17, 15) is 4.79 Å². The van der Waals surface area contributed by atoms with E-state index in [0.29, 0.717) is 46.0 Å². The Balaban J connectivity index is 1.68. The molecule has 34 heavy (non-hydrogen) atoms. The van der Waals surface area contributed by atoms with Gasteiger partial charge in [-0.15, -0.1) is 0 Å². The highest BCUT2D eigenvalue weighted by Crippen LogP contribution is 2.29. The third kappa shape index (κ3) is 6.19. The third-order valence-corrected chi connectivity index (χ3v) is 5.67. The van der Waals surface area contributed by atoms with Crippen molar-refractivity contribution < 1.29 is 4.74 Å². The Hall–Kier alpha value is -3.28. The number of anilines is 2. The minimum absolute atomic E-state index is 0.0136. The van der Waals surface area contributed by atoms with Gasteiger partial charge in [0.25, 0.3) is 5.56 Å². The van der Waals surface area contributed by atoms with Crippen LogP contribution in [0.1, 0.15) is 30.5 Å². The van der Waals surface area contributed by atoms with Gasteiger partial charge in [-0.3, -0.25) is 4.79 Å². The molecule has 3 aromatic carbocycles. The summed E-state index contributed by atoms with van der Waals surface area (Å²) in [6.45, 7) is 4.40. The second-order valence-electron chi connectivity index (χ2n) is 8.25. The quantitative estimate of drug-likeness (QED) is 0.296. The highest BCUT2D eigenvalue weighted by atomic mass is 35.5. The molecule has 1 N–H and O–H groups in total. The topological polar surface area (TPSA) is 56.1 Å². The van der Waals surface area contributed by atoms with E-state index in [0.717, 1.165) is 11.1 Å². The molecular weight excluding hydrogens is 469 g/mol. The number of aromatic nitrogens is 2. The smallest absolute Gasteiger partial charge is 0.277 e. The van der Waals surface area contributed by atoms with Gasteiger partial charge in [-0.1, -0.05) is 65.7 Å². The summed E-state index contributed by atoms with van der Waals surface area (Å²) in [7, 11) is 0. The largest absolute Gasteiger partial charge is 0.489 e. The van der Waals surface area contributed by atoms with E-state index in [1.807, 2.05) is 85.3 Å². The zero-order chi connectivity index (χ0) is 24.1. The van der Waals surface area contributed by atoms with E-state index in [1.165, 1.54) is 0 Å². The summed E-state index contributed by atoms with van der Waals surface area (Å²) in [6, 6.07) is 22.9. The third-order valence-electron chi connectivity index (χ3n) is 5.12. The van der Waals surface area contributed by atoms with Gasteiger partial charge in [0.2, 0.25) is 5.95 Å². The van der Waals surface area contributed by atoms with Crippen molar-refractivity contribution in [2.75, 3.05) is 5.32 Å². The van der Waals surface area contributed by atoms with Crippen LogP contribution in [0, 0.1) is 0 Å². The van der Waals surface area contributed by atoms with E-state index < -0.39 is 0 Å². The Morgan fingerprint density at radius 3 is 2.38 bits per heavy atom. The number of ether oxygens (including phenoxy) is 1. The molecule has 0 amide bonds.